The van der Waals surface area contributed by atoms with Gasteiger partial charge in [-0.05, 0) is 44.9 Å². The molecule has 218 valence electrons. The molecule has 1 saturated carbocycles. The maximum absolute atomic E-state index is 13.4. The van der Waals surface area contributed by atoms with Crippen molar-refractivity contribution >= 4 is 40.6 Å². The summed E-state index contributed by atoms with van der Waals surface area (Å²) in [6.45, 7) is 3.06. The van der Waals surface area contributed by atoms with Crippen LogP contribution in [0.25, 0.3) is 0 Å². The summed E-state index contributed by atoms with van der Waals surface area (Å²) in [5, 5.41) is 6.47. The average Bonchev–Trinajstić information content (AvgIpc) is 3.40. The molecule has 1 amide bonds. The summed E-state index contributed by atoms with van der Waals surface area (Å²) < 4.78 is 31.6. The third-order valence-corrected chi connectivity index (χ3v) is 8.54. The number of carbonyl (C=O) groups is 1. The molecule has 1 aromatic carbocycles. The van der Waals surface area contributed by atoms with Crippen LogP contribution in [0.15, 0.2) is 24.4 Å². The van der Waals surface area contributed by atoms with Crippen molar-refractivity contribution in [2.24, 2.45) is 11.7 Å². The number of nitrogens with two attached hydrogens (primary N) is 1. The largest absolute Gasteiger partial charge is 0.433 e. The molecule has 2 aromatic rings. The summed E-state index contributed by atoms with van der Waals surface area (Å²) in [7, 11) is 2.16. The lowest BCUT2D eigenvalue weighted by molar-refractivity contribution is -0.121. The van der Waals surface area contributed by atoms with Gasteiger partial charge in [0.1, 0.15) is 5.02 Å². The van der Waals surface area contributed by atoms with Crippen LogP contribution >= 0.6 is 11.6 Å². The molecule has 0 unspecified atom stereocenters. The summed E-state index contributed by atoms with van der Waals surface area (Å²) in [6.07, 6.45) is 5.81. The highest BCUT2D eigenvalue weighted by molar-refractivity contribution is 6.32. The number of likely N-dealkylation sites (N-methyl/N-ethyl adjacent to an activating group) is 1. The zero-order chi connectivity index (χ0) is 28.2. The predicted octanol–water partition coefficient (Wildman–Crippen LogP) is 3.76. The quantitative estimate of drug-likeness (QED) is 0.409. The van der Waals surface area contributed by atoms with Crippen LogP contribution in [0, 0.1) is 5.92 Å². The number of rotatable bonds is 9. The first-order chi connectivity index (χ1) is 19.3. The number of halogens is 3. The van der Waals surface area contributed by atoms with Gasteiger partial charge < -0.3 is 30.9 Å². The van der Waals surface area contributed by atoms with Crippen molar-refractivity contribution in [1.29, 1.82) is 0 Å². The van der Waals surface area contributed by atoms with Crippen molar-refractivity contribution in [3.05, 3.63) is 29.4 Å². The van der Waals surface area contributed by atoms with Crippen molar-refractivity contribution in [3.8, 4) is 5.75 Å². The third-order valence-electron chi connectivity index (χ3n) is 8.26. The minimum atomic E-state index is -2.99. The lowest BCUT2D eigenvalue weighted by Gasteiger charge is -2.42. The van der Waals surface area contributed by atoms with Gasteiger partial charge in [-0.15, -0.1) is 0 Å². The summed E-state index contributed by atoms with van der Waals surface area (Å²) in [5.41, 5.74) is 6.68. The molecule has 2 aliphatic heterocycles. The van der Waals surface area contributed by atoms with Gasteiger partial charge >= 0.3 is 6.61 Å². The Morgan fingerprint density at radius 1 is 1.12 bits per heavy atom. The maximum Gasteiger partial charge on any atom is 0.387 e. The molecule has 1 aliphatic carbocycles. The molecule has 3 fully saturated rings. The van der Waals surface area contributed by atoms with Crippen LogP contribution in [0.3, 0.4) is 0 Å². The summed E-state index contributed by atoms with van der Waals surface area (Å²) in [4.78, 5) is 27.6. The van der Waals surface area contributed by atoms with Gasteiger partial charge in [0.25, 0.3) is 0 Å². The SMILES string of the molecule is CN1CCN(C2CCN(c3ccc(Nc4ncc(Cl)c(N[C@@H]5CCC[C@@H]5C(N)=O)n4)c(OC(F)F)c3)CC2)CC1. The van der Waals surface area contributed by atoms with Crippen molar-refractivity contribution in [2.75, 3.05) is 61.8 Å². The molecular formula is C27H37ClF2N8O2. The molecule has 0 bridgehead atoms. The molecule has 2 atom stereocenters. The molecule has 10 nitrogen and oxygen atoms in total. The fourth-order valence-electron chi connectivity index (χ4n) is 5.98. The molecule has 4 N–H and O–H groups in total. The Morgan fingerprint density at radius 3 is 2.58 bits per heavy atom. The predicted molar refractivity (Wildman–Crippen MR) is 152 cm³/mol. The highest BCUT2D eigenvalue weighted by atomic mass is 35.5. The zero-order valence-corrected chi connectivity index (χ0v) is 23.4. The fourth-order valence-corrected chi connectivity index (χ4v) is 6.12. The van der Waals surface area contributed by atoms with E-state index in [-0.39, 0.29) is 34.6 Å². The van der Waals surface area contributed by atoms with Gasteiger partial charge in [0, 0.05) is 63.1 Å². The number of ether oxygens (including phenoxy) is 1. The number of nitrogens with one attached hydrogen (secondary N) is 2. The zero-order valence-electron chi connectivity index (χ0n) is 22.7. The first-order valence-corrected chi connectivity index (χ1v) is 14.3. The highest BCUT2D eigenvalue weighted by Gasteiger charge is 2.32. The van der Waals surface area contributed by atoms with Gasteiger partial charge in [-0.2, -0.15) is 13.8 Å². The monoisotopic (exact) mass is 578 g/mol. The maximum atomic E-state index is 13.4. The molecule has 2 saturated heterocycles. The number of aromatic nitrogens is 2. The molecule has 0 radical (unpaired) electrons. The number of hydrogen-bond donors (Lipinski definition) is 3. The number of carbonyl (C=O) groups excluding carboxylic acids is 1. The molecular weight excluding hydrogens is 542 g/mol. The van der Waals surface area contributed by atoms with Crippen LogP contribution in [0.4, 0.5) is 31.9 Å². The first kappa shape index (κ1) is 28.6. The molecule has 1 aromatic heterocycles. The number of nitrogens with zero attached hydrogens (tertiary/aromatic N) is 5. The first-order valence-electron chi connectivity index (χ1n) is 13.9. The number of piperidine rings is 1. The summed E-state index contributed by atoms with van der Waals surface area (Å²) in [6, 6.07) is 5.59. The molecule has 0 spiro atoms. The molecule has 13 heteroatoms. The molecule has 3 heterocycles. The second-order valence-electron chi connectivity index (χ2n) is 10.8. The van der Waals surface area contributed by atoms with Crippen molar-refractivity contribution in [3.63, 3.8) is 0 Å². The Hall–Kier alpha value is -2.96. The normalized spacial score (nSPS) is 23.0. The summed E-state index contributed by atoms with van der Waals surface area (Å²) >= 11 is 6.31. The van der Waals surface area contributed by atoms with E-state index in [4.69, 9.17) is 22.1 Å². The van der Waals surface area contributed by atoms with E-state index < -0.39 is 6.61 Å². The standard InChI is InChI=1S/C27H37ClF2N8O2/c1-36-11-13-38(14-12-36)17-7-9-37(10-8-17)18-5-6-22(23(15-18)40-26(29)30)34-27-32-16-20(28)25(35-27)33-21-4-2-3-19(21)24(31)39/h5-6,15-17,19,21,26H,2-4,7-14H2,1H3,(H2,31,39)(H2,32,33,34,35)/t19-,21+/m0/s1. The second-order valence-corrected chi connectivity index (χ2v) is 11.2. The highest BCUT2D eigenvalue weighted by Crippen LogP contribution is 2.35. The lowest BCUT2D eigenvalue weighted by atomic mass is 10.0. The number of anilines is 4. The minimum absolute atomic E-state index is 0.00587. The van der Waals surface area contributed by atoms with Gasteiger partial charge in [-0.1, -0.05) is 18.0 Å². The number of primary amides is 1. The Morgan fingerprint density at radius 2 is 1.88 bits per heavy atom. The van der Waals surface area contributed by atoms with Crippen LogP contribution in [-0.2, 0) is 4.79 Å². The van der Waals surface area contributed by atoms with Crippen LogP contribution in [0.2, 0.25) is 5.02 Å². The van der Waals surface area contributed by atoms with Crippen molar-refractivity contribution in [1.82, 2.24) is 19.8 Å². The fraction of sp³-hybridized carbons (Fsp3) is 0.593. The smallest absolute Gasteiger partial charge is 0.387 e. The van der Waals surface area contributed by atoms with E-state index >= 15 is 0 Å². The number of benzene rings is 1. The Kier molecular flexibility index (Phi) is 9.07. The topological polar surface area (TPSA) is 112 Å². The van der Waals surface area contributed by atoms with Gasteiger partial charge in [0.2, 0.25) is 11.9 Å². The van der Waals surface area contributed by atoms with Gasteiger partial charge in [-0.25, -0.2) is 4.98 Å². The Balaban J connectivity index is 1.27. The third kappa shape index (κ3) is 6.84. The van der Waals surface area contributed by atoms with E-state index in [1.807, 2.05) is 6.07 Å². The van der Waals surface area contributed by atoms with Crippen LogP contribution in [0.5, 0.6) is 5.75 Å². The van der Waals surface area contributed by atoms with Crippen molar-refractivity contribution in [2.45, 2.75) is 50.8 Å². The van der Waals surface area contributed by atoms with Crippen molar-refractivity contribution < 1.29 is 18.3 Å². The van der Waals surface area contributed by atoms with E-state index in [0.29, 0.717) is 24.0 Å². The number of piperazine rings is 1. The van der Waals surface area contributed by atoms with Crippen LogP contribution < -0.4 is 26.0 Å². The van der Waals surface area contributed by atoms with E-state index in [9.17, 15) is 13.6 Å². The number of alkyl halides is 2. The van der Waals surface area contributed by atoms with E-state index in [2.05, 4.69) is 42.3 Å². The average molecular weight is 579 g/mol. The van der Waals surface area contributed by atoms with E-state index in [1.54, 1.807) is 12.1 Å². The number of amides is 1. The van der Waals surface area contributed by atoms with E-state index in [0.717, 1.165) is 70.6 Å². The lowest BCUT2D eigenvalue weighted by Crippen LogP contribution is -2.52. The Bertz CT molecular complexity index is 1180. The Labute approximate surface area is 238 Å². The molecule has 5 rings (SSSR count). The van der Waals surface area contributed by atoms with Gasteiger partial charge in [0.05, 0.1) is 17.8 Å². The van der Waals surface area contributed by atoms with Crippen LogP contribution in [0.1, 0.15) is 32.1 Å². The molecule has 40 heavy (non-hydrogen) atoms. The molecule has 3 aliphatic rings. The minimum Gasteiger partial charge on any atom is -0.433 e. The number of hydrogen-bond acceptors (Lipinski definition) is 9. The summed E-state index contributed by atoms with van der Waals surface area (Å²) in [5.74, 6) is -0.177. The second kappa shape index (κ2) is 12.7. The van der Waals surface area contributed by atoms with Gasteiger partial charge in [0.15, 0.2) is 11.6 Å². The van der Waals surface area contributed by atoms with Crippen LogP contribution in [-0.4, -0.2) is 90.7 Å². The van der Waals surface area contributed by atoms with E-state index in [1.165, 1.54) is 6.20 Å². The van der Waals surface area contributed by atoms with Gasteiger partial charge in [-0.3, -0.25) is 9.69 Å².